The lowest BCUT2D eigenvalue weighted by Crippen LogP contribution is -2.20. The van der Waals surface area contributed by atoms with E-state index >= 15 is 0 Å². The van der Waals surface area contributed by atoms with E-state index in [9.17, 15) is 2.74 Å². The van der Waals surface area contributed by atoms with Crippen LogP contribution in [-0.4, -0.2) is 14.0 Å². The molecule has 9 aromatic carbocycles. The average Bonchev–Trinajstić information content (AvgIpc) is 4.19. The number of benzene rings is 9. The second-order valence-corrected chi connectivity index (χ2v) is 19.3. The van der Waals surface area contributed by atoms with E-state index in [0.29, 0.717) is 22.6 Å². The van der Waals surface area contributed by atoms with Gasteiger partial charge in [0.2, 0.25) is 0 Å². The average molecular weight is 916 g/mol. The van der Waals surface area contributed by atoms with Crippen molar-refractivity contribution in [2.75, 3.05) is 0 Å². The fourth-order valence-corrected chi connectivity index (χ4v) is 11.0. The molecule has 0 aliphatic heterocycles. The van der Waals surface area contributed by atoms with Gasteiger partial charge in [-0.2, -0.15) is 0 Å². The molecule has 14 aromatic rings. The molecule has 5 heteroatoms. The van der Waals surface area contributed by atoms with Crippen molar-refractivity contribution in [3.8, 4) is 28.4 Å². The predicted molar refractivity (Wildman–Crippen MR) is 295 cm³/mol. The normalized spacial score (nSPS) is 13.1. The zero-order valence-corrected chi connectivity index (χ0v) is 39.2. The van der Waals surface area contributed by atoms with Crippen LogP contribution < -0.4 is 9.14 Å². The summed E-state index contributed by atoms with van der Waals surface area (Å²) < 4.78 is 58.4. The molecule has 0 saturated carbocycles. The minimum absolute atomic E-state index is 0.0741. The third-order valence-electron chi connectivity index (χ3n) is 14.2. The molecule has 0 fully saturated rings. The van der Waals surface area contributed by atoms with Gasteiger partial charge in [-0.15, -0.1) is 0 Å². The van der Waals surface area contributed by atoms with E-state index in [1.54, 1.807) is 0 Å². The highest BCUT2D eigenvalue weighted by Crippen LogP contribution is 2.41. The van der Waals surface area contributed by atoms with Gasteiger partial charge in [-0.1, -0.05) is 191 Å². The van der Waals surface area contributed by atoms with E-state index in [2.05, 4.69) is 192 Å². The summed E-state index contributed by atoms with van der Waals surface area (Å²) in [6, 6.07) is 62.9. The first-order valence-electron chi connectivity index (χ1n) is 26.5. The van der Waals surface area contributed by atoms with E-state index in [1.807, 2.05) is 42.6 Å². The maximum Gasteiger partial charge on any atom is 0.269 e. The first-order valence-corrected chi connectivity index (χ1v) is 24.0. The van der Waals surface area contributed by atoms with E-state index in [1.165, 1.54) is 5.56 Å². The molecule has 336 valence electrons. The number of pyridine rings is 1. The molecule has 0 saturated heterocycles. The molecule has 0 N–H and O–H groups in total. The van der Waals surface area contributed by atoms with Gasteiger partial charge in [0.05, 0.1) is 40.0 Å². The largest absolute Gasteiger partial charge is 0.458 e. The highest BCUT2D eigenvalue weighted by atomic mass is 16.5. The lowest BCUT2D eigenvalue weighted by atomic mass is 9.88. The van der Waals surface area contributed by atoms with Gasteiger partial charge in [0.1, 0.15) is 17.3 Å². The van der Waals surface area contributed by atoms with Crippen molar-refractivity contribution in [3.05, 3.63) is 236 Å². The highest BCUT2D eigenvalue weighted by Gasteiger charge is 2.21. The molecule has 0 radical (unpaired) electrons. The molecule has 0 bridgehead atoms. The molecule has 0 atom stereocenters. The fraction of sp³-hybridized carbons (Fsp3) is 0.0606. The molecule has 5 aromatic heterocycles. The number of rotatable bonds is 4. The van der Waals surface area contributed by atoms with Crippen LogP contribution in [0.2, 0.25) is 0 Å². The number of imidazole rings is 1. The standard InChI is InChI=1S/C66H46N4O/c1-66(2,3)43-36-37-67-62(38-43)70-59-31-16-15-26-53(59)55-35-33-45(40-61(55)70)71-44-32-34-54-49-22-9-7-20-47(49)51-24-11-13-27-57(51)64-65-58-28-14-12-25-52(58)48-21-8-10-23-50(48)56-30-17-29-46(42-18-5-4-6-19-42)63(56)69(65)41-68(64)60(54)39-44/h4-40H,1-3H3/i4D,5D,6D,18D,19D. The van der Waals surface area contributed by atoms with Crippen molar-refractivity contribution in [1.29, 1.82) is 0 Å². The quantitative estimate of drug-likeness (QED) is 0.130. The van der Waals surface area contributed by atoms with Gasteiger partial charge in [0, 0.05) is 23.0 Å². The molecule has 0 unspecified atom stereocenters. The number of nitrogens with zero attached hydrogens (tertiary/aromatic N) is 4. The Morgan fingerprint density at radius 2 is 0.986 bits per heavy atom. The number of hydrogen-bond donors (Lipinski definition) is 0. The summed E-state index contributed by atoms with van der Waals surface area (Å²) in [7, 11) is 0. The summed E-state index contributed by atoms with van der Waals surface area (Å²) in [6.45, 7) is 6.65. The van der Waals surface area contributed by atoms with Crippen molar-refractivity contribution in [2.45, 2.75) is 26.2 Å². The molecule has 71 heavy (non-hydrogen) atoms. The third kappa shape index (κ3) is 6.40. The fourth-order valence-electron chi connectivity index (χ4n) is 11.0. The number of para-hydroxylation sites is 2. The molecule has 0 spiro atoms. The number of hydrogen-bond acceptors (Lipinski definition) is 2. The van der Waals surface area contributed by atoms with Crippen LogP contribution in [0, 0.1) is 6.33 Å². The summed E-state index contributed by atoms with van der Waals surface area (Å²) in [6.07, 6.45) is 5.81. The second-order valence-electron chi connectivity index (χ2n) is 19.3. The van der Waals surface area contributed by atoms with Crippen LogP contribution in [0.3, 0.4) is 0 Å². The topological polar surface area (TPSA) is 35.6 Å². The minimum Gasteiger partial charge on any atom is -0.458 e. The maximum atomic E-state index is 9.35. The zero-order chi connectivity index (χ0) is 51.7. The van der Waals surface area contributed by atoms with Crippen LogP contribution in [0.5, 0.6) is 11.5 Å². The Labute approximate surface area is 417 Å². The van der Waals surface area contributed by atoms with Gasteiger partial charge in [-0.3, -0.25) is 13.4 Å². The van der Waals surface area contributed by atoms with Gasteiger partial charge in [-0.05, 0) is 118 Å². The maximum absolute atomic E-state index is 9.35. The van der Waals surface area contributed by atoms with Gasteiger partial charge in [0.25, 0.3) is 6.33 Å². The minimum atomic E-state index is -0.445. The number of aromatic nitrogens is 4. The lowest BCUT2D eigenvalue weighted by molar-refractivity contribution is -0.484. The summed E-state index contributed by atoms with van der Waals surface area (Å²) >= 11 is 0. The summed E-state index contributed by atoms with van der Waals surface area (Å²) in [5, 5.41) is 11.9. The Balaban J connectivity index is 1.14. The third-order valence-corrected chi connectivity index (χ3v) is 14.2. The van der Waals surface area contributed by atoms with Crippen LogP contribution in [-0.2, 0) is 5.41 Å². The molecule has 5 heterocycles. The van der Waals surface area contributed by atoms with E-state index < -0.39 is 18.1 Å². The molecular formula is C66H46N4O. The SMILES string of the molecule is [2H]c1c([2H])c([2H])c(-c2cccc3c4ccccc4c4ccccc4c4c5c6ccccc6c6ccccc6c6ccc(Oc7ccc8c9ccccc9n(-c9cc(C(C)(C)C)ccn9)c8c7)cc6n5[c-][n+]4c23)c([2H])c1[2H]. The molecule has 0 amide bonds. The molecule has 5 nitrogen and oxygen atoms in total. The van der Waals surface area contributed by atoms with Crippen molar-refractivity contribution in [1.82, 2.24) is 14.0 Å². The summed E-state index contributed by atoms with van der Waals surface area (Å²) in [5.74, 6) is 2.10. The first-order chi connectivity index (χ1) is 36.9. The predicted octanol–water partition coefficient (Wildman–Crippen LogP) is 16.8. The zero-order valence-electron chi connectivity index (χ0n) is 44.2. The van der Waals surface area contributed by atoms with E-state index in [-0.39, 0.29) is 23.1 Å². The van der Waals surface area contributed by atoms with Crippen LogP contribution in [0.4, 0.5) is 0 Å². The van der Waals surface area contributed by atoms with Gasteiger partial charge in [0.15, 0.2) is 0 Å². The Morgan fingerprint density at radius 1 is 0.479 bits per heavy atom. The first kappa shape index (κ1) is 36.0. The van der Waals surface area contributed by atoms with Crippen molar-refractivity contribution in [3.63, 3.8) is 0 Å². The monoisotopic (exact) mass is 915 g/mol. The second kappa shape index (κ2) is 15.7. The Kier molecular flexibility index (Phi) is 7.98. The smallest absolute Gasteiger partial charge is 0.269 e. The van der Waals surface area contributed by atoms with Crippen molar-refractivity contribution >= 4 is 97.7 Å². The van der Waals surface area contributed by atoms with E-state index in [0.717, 1.165) is 98.0 Å². The van der Waals surface area contributed by atoms with Gasteiger partial charge < -0.3 is 4.74 Å². The van der Waals surface area contributed by atoms with Crippen molar-refractivity contribution in [2.24, 2.45) is 0 Å². The van der Waals surface area contributed by atoms with Crippen LogP contribution in [0.1, 0.15) is 33.2 Å². The van der Waals surface area contributed by atoms with Crippen molar-refractivity contribution < 1.29 is 16.0 Å². The lowest BCUT2D eigenvalue weighted by Gasteiger charge is -2.20. The Bertz CT molecular complexity index is 4890. The number of fused-ring (bicyclic) bond motifs is 20. The molecular weight excluding hydrogens is 865 g/mol. The Hall–Kier alpha value is -9.06. The van der Waals surface area contributed by atoms with Crippen LogP contribution >= 0.6 is 0 Å². The molecule has 0 aliphatic rings. The Morgan fingerprint density at radius 3 is 1.65 bits per heavy atom. The van der Waals surface area contributed by atoms with E-state index in [4.69, 9.17) is 13.8 Å². The highest BCUT2D eigenvalue weighted by molar-refractivity contribution is 6.24. The molecule has 0 aliphatic carbocycles. The van der Waals surface area contributed by atoms with Crippen LogP contribution in [0.25, 0.3) is 115 Å². The van der Waals surface area contributed by atoms with Crippen LogP contribution in [0.15, 0.2) is 224 Å². The summed E-state index contributed by atoms with van der Waals surface area (Å²) in [5.41, 5.74) is 6.84. The molecule has 14 rings (SSSR count). The van der Waals surface area contributed by atoms with Gasteiger partial charge >= 0.3 is 0 Å². The number of ether oxygens (including phenoxy) is 1. The van der Waals surface area contributed by atoms with Gasteiger partial charge in [-0.25, -0.2) is 4.98 Å². The summed E-state index contributed by atoms with van der Waals surface area (Å²) in [4.78, 5) is 4.92.